The highest BCUT2D eigenvalue weighted by Gasteiger charge is 1.96. The highest BCUT2D eigenvalue weighted by atomic mass is 79.9. The van der Waals surface area contributed by atoms with Crippen LogP contribution in [0.15, 0.2) is 30.3 Å². The van der Waals surface area contributed by atoms with Crippen LogP contribution in [0.4, 0.5) is 0 Å². The molecule has 0 aliphatic rings. The van der Waals surface area contributed by atoms with E-state index in [9.17, 15) is 0 Å². The highest BCUT2D eigenvalue weighted by molar-refractivity contribution is 9.09. The molecule has 2 N–H and O–H groups in total. The Morgan fingerprint density at radius 2 is 1.91 bits per heavy atom. The van der Waals surface area contributed by atoms with Gasteiger partial charge in [0.15, 0.2) is 0 Å². The molecule has 0 amide bonds. The summed E-state index contributed by atoms with van der Waals surface area (Å²) < 4.78 is 0. The number of hydrogen-bond donors (Lipinski definition) is 1. The number of aryl methyl sites for hydroxylation is 1. The standard InChI is InChI=1S/C9H12BrN/c10-9(11)7-6-8-4-2-1-3-5-8/h1-5,9H,6-7,11H2. The van der Waals surface area contributed by atoms with E-state index in [1.807, 2.05) is 6.07 Å². The van der Waals surface area contributed by atoms with Crippen LogP contribution in [0.2, 0.25) is 0 Å². The van der Waals surface area contributed by atoms with Crippen molar-refractivity contribution in [1.29, 1.82) is 0 Å². The molecule has 1 aromatic rings. The summed E-state index contributed by atoms with van der Waals surface area (Å²) in [5.41, 5.74) is 6.91. The minimum absolute atomic E-state index is 0.128. The minimum Gasteiger partial charge on any atom is -0.319 e. The lowest BCUT2D eigenvalue weighted by atomic mass is 10.1. The van der Waals surface area contributed by atoms with Gasteiger partial charge in [-0.3, -0.25) is 0 Å². The molecule has 0 heterocycles. The summed E-state index contributed by atoms with van der Waals surface area (Å²) in [6.07, 6.45) is 2.04. The average Bonchev–Trinajstić information content (AvgIpc) is 2.03. The molecule has 0 bridgehead atoms. The van der Waals surface area contributed by atoms with Crippen molar-refractivity contribution in [3.63, 3.8) is 0 Å². The number of rotatable bonds is 3. The van der Waals surface area contributed by atoms with Crippen LogP contribution < -0.4 is 5.73 Å². The molecule has 11 heavy (non-hydrogen) atoms. The van der Waals surface area contributed by atoms with E-state index in [1.54, 1.807) is 0 Å². The molecule has 60 valence electrons. The third-order valence-electron chi connectivity index (χ3n) is 1.55. The molecule has 1 rings (SSSR count). The molecule has 0 aliphatic heterocycles. The van der Waals surface area contributed by atoms with Crippen molar-refractivity contribution < 1.29 is 0 Å². The Morgan fingerprint density at radius 1 is 1.27 bits per heavy atom. The second-order valence-electron chi connectivity index (χ2n) is 2.54. The normalized spacial score (nSPS) is 12.9. The number of benzene rings is 1. The van der Waals surface area contributed by atoms with Gasteiger partial charge in [0.1, 0.15) is 0 Å². The smallest absolute Gasteiger partial charge is 0.0608 e. The number of halogens is 1. The van der Waals surface area contributed by atoms with E-state index in [0.717, 1.165) is 12.8 Å². The van der Waals surface area contributed by atoms with Crippen molar-refractivity contribution in [3.05, 3.63) is 35.9 Å². The van der Waals surface area contributed by atoms with Gasteiger partial charge in [-0.15, -0.1) is 0 Å². The largest absolute Gasteiger partial charge is 0.319 e. The molecule has 1 unspecified atom stereocenters. The number of nitrogens with two attached hydrogens (primary N) is 1. The number of alkyl halides is 1. The summed E-state index contributed by atoms with van der Waals surface area (Å²) in [4.78, 5) is 0.128. The van der Waals surface area contributed by atoms with E-state index >= 15 is 0 Å². The Morgan fingerprint density at radius 3 is 2.45 bits per heavy atom. The third kappa shape index (κ3) is 3.54. The van der Waals surface area contributed by atoms with Crippen molar-refractivity contribution in [2.24, 2.45) is 5.73 Å². The summed E-state index contributed by atoms with van der Waals surface area (Å²) in [6, 6.07) is 10.4. The fraction of sp³-hybridized carbons (Fsp3) is 0.333. The molecule has 1 aromatic carbocycles. The zero-order chi connectivity index (χ0) is 8.10. The SMILES string of the molecule is NC(Br)CCc1ccccc1. The topological polar surface area (TPSA) is 26.0 Å². The van der Waals surface area contributed by atoms with E-state index < -0.39 is 0 Å². The predicted octanol–water partition coefficient (Wildman–Crippen LogP) is 2.30. The second kappa shape index (κ2) is 4.52. The molecule has 0 fully saturated rings. The molecule has 0 aromatic heterocycles. The molecule has 1 atom stereocenters. The Labute approximate surface area is 75.7 Å². The monoisotopic (exact) mass is 213 g/mol. The fourth-order valence-corrected chi connectivity index (χ4v) is 1.18. The first-order valence-electron chi connectivity index (χ1n) is 3.72. The molecule has 2 heteroatoms. The molecule has 0 saturated carbocycles. The van der Waals surface area contributed by atoms with Crippen molar-refractivity contribution in [3.8, 4) is 0 Å². The lowest BCUT2D eigenvalue weighted by molar-refractivity contribution is 0.797. The van der Waals surface area contributed by atoms with Gasteiger partial charge >= 0.3 is 0 Å². The van der Waals surface area contributed by atoms with Crippen LogP contribution in [0, 0.1) is 0 Å². The molecule has 0 saturated heterocycles. The molecule has 0 spiro atoms. The van der Waals surface area contributed by atoms with Crippen LogP contribution in [-0.4, -0.2) is 4.95 Å². The summed E-state index contributed by atoms with van der Waals surface area (Å²) in [5, 5.41) is 0. The summed E-state index contributed by atoms with van der Waals surface area (Å²) in [5.74, 6) is 0. The maximum absolute atomic E-state index is 5.56. The zero-order valence-corrected chi connectivity index (χ0v) is 7.92. The lowest BCUT2D eigenvalue weighted by Gasteiger charge is -2.02. The van der Waals surface area contributed by atoms with Gasteiger partial charge < -0.3 is 5.73 Å². The Hall–Kier alpha value is -0.340. The van der Waals surface area contributed by atoms with Gasteiger partial charge in [-0.2, -0.15) is 0 Å². The van der Waals surface area contributed by atoms with E-state index in [2.05, 4.69) is 40.2 Å². The first kappa shape index (κ1) is 8.75. The van der Waals surface area contributed by atoms with Crippen LogP contribution in [0.5, 0.6) is 0 Å². The van der Waals surface area contributed by atoms with Gasteiger partial charge in [0.05, 0.1) is 4.95 Å². The van der Waals surface area contributed by atoms with Gasteiger partial charge in [-0.05, 0) is 18.4 Å². The first-order chi connectivity index (χ1) is 5.29. The van der Waals surface area contributed by atoms with Crippen LogP contribution >= 0.6 is 15.9 Å². The van der Waals surface area contributed by atoms with E-state index in [4.69, 9.17) is 5.73 Å². The quantitative estimate of drug-likeness (QED) is 0.606. The van der Waals surface area contributed by atoms with Crippen LogP contribution in [-0.2, 0) is 6.42 Å². The molecular formula is C9H12BrN. The van der Waals surface area contributed by atoms with Gasteiger partial charge in [0.25, 0.3) is 0 Å². The Bertz CT molecular complexity index is 196. The van der Waals surface area contributed by atoms with Gasteiger partial charge in [0.2, 0.25) is 0 Å². The van der Waals surface area contributed by atoms with Crippen LogP contribution in [0.3, 0.4) is 0 Å². The lowest BCUT2D eigenvalue weighted by Crippen LogP contribution is -2.11. The molecule has 0 aliphatic carbocycles. The maximum atomic E-state index is 5.56. The second-order valence-corrected chi connectivity index (χ2v) is 3.72. The molecule has 1 nitrogen and oxygen atoms in total. The van der Waals surface area contributed by atoms with Crippen molar-refractivity contribution in [2.75, 3.05) is 0 Å². The fourth-order valence-electron chi connectivity index (χ4n) is 0.949. The van der Waals surface area contributed by atoms with Crippen LogP contribution in [0.1, 0.15) is 12.0 Å². The zero-order valence-electron chi connectivity index (χ0n) is 6.33. The van der Waals surface area contributed by atoms with E-state index in [1.165, 1.54) is 5.56 Å². The third-order valence-corrected chi connectivity index (χ3v) is 2.01. The summed E-state index contributed by atoms with van der Waals surface area (Å²) in [7, 11) is 0. The van der Waals surface area contributed by atoms with Crippen molar-refractivity contribution in [1.82, 2.24) is 0 Å². The minimum atomic E-state index is 0.128. The van der Waals surface area contributed by atoms with Gasteiger partial charge in [0, 0.05) is 0 Å². The van der Waals surface area contributed by atoms with Crippen molar-refractivity contribution in [2.45, 2.75) is 17.8 Å². The number of hydrogen-bond acceptors (Lipinski definition) is 1. The van der Waals surface area contributed by atoms with E-state index in [0.29, 0.717) is 0 Å². The Balaban J connectivity index is 2.39. The predicted molar refractivity (Wildman–Crippen MR) is 51.7 cm³/mol. The summed E-state index contributed by atoms with van der Waals surface area (Å²) in [6.45, 7) is 0. The first-order valence-corrected chi connectivity index (χ1v) is 4.64. The molecule has 0 radical (unpaired) electrons. The maximum Gasteiger partial charge on any atom is 0.0608 e. The average molecular weight is 214 g/mol. The molecular weight excluding hydrogens is 202 g/mol. The van der Waals surface area contributed by atoms with E-state index in [-0.39, 0.29) is 4.95 Å². The highest BCUT2D eigenvalue weighted by Crippen LogP contribution is 2.06. The van der Waals surface area contributed by atoms with Crippen LogP contribution in [0.25, 0.3) is 0 Å². The van der Waals surface area contributed by atoms with Gasteiger partial charge in [-0.1, -0.05) is 46.3 Å². The van der Waals surface area contributed by atoms with Gasteiger partial charge in [-0.25, -0.2) is 0 Å². The summed E-state index contributed by atoms with van der Waals surface area (Å²) >= 11 is 3.31. The Kier molecular flexibility index (Phi) is 3.60. The van der Waals surface area contributed by atoms with Crippen molar-refractivity contribution >= 4 is 15.9 Å².